The van der Waals surface area contributed by atoms with Crippen molar-refractivity contribution in [3.05, 3.63) is 11.3 Å². The highest BCUT2D eigenvalue weighted by atomic mass is 32.2. The molecule has 2 atom stereocenters. The van der Waals surface area contributed by atoms with E-state index in [-0.39, 0.29) is 0 Å². The lowest BCUT2D eigenvalue weighted by Gasteiger charge is -2.33. The lowest BCUT2D eigenvalue weighted by Crippen LogP contribution is -2.61. The molecule has 7 nitrogen and oxygen atoms in total. The van der Waals surface area contributed by atoms with Crippen LogP contribution < -0.4 is 10.6 Å². The Morgan fingerprint density at radius 1 is 1.39 bits per heavy atom. The number of carboxylic acid groups (broad SMARTS) is 1. The van der Waals surface area contributed by atoms with Crippen LogP contribution in [-0.2, 0) is 14.9 Å². The van der Waals surface area contributed by atoms with Gasteiger partial charge in [0, 0.05) is 5.70 Å². The van der Waals surface area contributed by atoms with Gasteiger partial charge in [-0.05, 0) is 6.92 Å². The predicted molar refractivity (Wildman–Crippen MR) is 51.8 cm³/mol. The van der Waals surface area contributed by atoms with Gasteiger partial charge in [0.25, 0.3) is 10.1 Å². The average molecular weight is 290 g/mol. The van der Waals surface area contributed by atoms with Gasteiger partial charge in [-0.25, -0.2) is 4.79 Å². The zero-order valence-electron chi connectivity index (χ0n) is 8.82. The van der Waals surface area contributed by atoms with Crippen molar-refractivity contribution in [2.24, 2.45) is 0 Å². The number of hydrogen-bond acceptors (Lipinski definition) is 5. The second kappa shape index (κ2) is 4.40. The van der Waals surface area contributed by atoms with Crippen molar-refractivity contribution in [1.29, 1.82) is 0 Å². The Hall–Kier alpha value is -1.33. The number of allylic oxidation sites excluding steroid dienone is 1. The predicted octanol–water partition coefficient (Wildman–Crippen LogP) is -0.360. The summed E-state index contributed by atoms with van der Waals surface area (Å²) in [6.45, 7) is 0.973. The van der Waals surface area contributed by atoms with E-state index in [9.17, 15) is 26.4 Å². The molecule has 0 aromatic carbocycles. The lowest BCUT2D eigenvalue weighted by molar-refractivity contribution is -0.157. The molecular formula is C7H9F3N2O5S. The molecule has 0 aliphatic carbocycles. The van der Waals surface area contributed by atoms with Gasteiger partial charge in [-0.1, -0.05) is 0 Å². The van der Waals surface area contributed by atoms with Crippen molar-refractivity contribution in [3.63, 3.8) is 0 Å². The summed E-state index contributed by atoms with van der Waals surface area (Å²) >= 11 is 0. The molecule has 0 aromatic rings. The Morgan fingerprint density at radius 2 is 1.89 bits per heavy atom. The van der Waals surface area contributed by atoms with Crippen molar-refractivity contribution in [1.82, 2.24) is 10.6 Å². The quantitative estimate of drug-likeness (QED) is 0.513. The van der Waals surface area contributed by atoms with Gasteiger partial charge in [-0.2, -0.15) is 21.6 Å². The van der Waals surface area contributed by atoms with Gasteiger partial charge in [-0.3, -0.25) is 9.87 Å². The van der Waals surface area contributed by atoms with Crippen molar-refractivity contribution in [3.8, 4) is 0 Å². The number of hydrogen-bond donors (Lipinski definition) is 4. The maximum absolute atomic E-state index is 12.6. The summed E-state index contributed by atoms with van der Waals surface area (Å²) in [7, 11) is -4.85. The summed E-state index contributed by atoms with van der Waals surface area (Å²) in [5, 5.41) is 12.1. The van der Waals surface area contributed by atoms with Gasteiger partial charge in [0.05, 0.1) is 5.57 Å². The third-order valence-electron chi connectivity index (χ3n) is 2.21. The molecule has 0 saturated carbocycles. The van der Waals surface area contributed by atoms with Crippen LogP contribution in [0.4, 0.5) is 13.2 Å². The van der Waals surface area contributed by atoms with Crippen molar-refractivity contribution in [2.75, 3.05) is 0 Å². The Bertz CT molecular complexity index is 498. The van der Waals surface area contributed by atoms with Crippen LogP contribution in [0, 0.1) is 0 Å². The molecule has 0 bridgehead atoms. The standard InChI is InChI=1S/C7H9F3N2O5S/c1-2-3(5(13)14)4(7(8,9)10)12-6(11-2)18(15,16)17/h4,6,11-12H,1H3,(H,13,14)(H,15,16,17). The number of carboxylic acids is 1. The Kier molecular flexibility index (Phi) is 3.60. The van der Waals surface area contributed by atoms with Crippen LogP contribution in [0.25, 0.3) is 0 Å². The molecule has 0 aromatic heterocycles. The minimum atomic E-state index is -5.01. The second-order valence-electron chi connectivity index (χ2n) is 3.52. The number of aliphatic carboxylic acids is 1. The summed E-state index contributed by atoms with van der Waals surface area (Å²) in [5.74, 6) is -1.84. The van der Waals surface area contributed by atoms with E-state index in [0.717, 1.165) is 6.92 Å². The summed E-state index contributed by atoms with van der Waals surface area (Å²) in [4.78, 5) is 10.7. The molecule has 0 amide bonds. The van der Waals surface area contributed by atoms with E-state index in [2.05, 4.69) is 0 Å². The molecule has 104 valence electrons. The van der Waals surface area contributed by atoms with Gasteiger partial charge >= 0.3 is 12.1 Å². The molecule has 1 rings (SSSR count). The molecule has 2 unspecified atom stereocenters. The Morgan fingerprint density at radius 3 is 2.22 bits per heavy atom. The summed E-state index contributed by atoms with van der Waals surface area (Å²) in [6.07, 6.45) is -5.01. The third kappa shape index (κ3) is 2.91. The van der Waals surface area contributed by atoms with Crippen LogP contribution in [0.2, 0.25) is 0 Å². The highest BCUT2D eigenvalue weighted by Gasteiger charge is 2.50. The molecule has 18 heavy (non-hydrogen) atoms. The minimum Gasteiger partial charge on any atom is -0.478 e. The SMILES string of the molecule is CC1=C(C(=O)O)C(C(F)(F)F)NC(S(=O)(=O)O)N1. The average Bonchev–Trinajstić information content (AvgIpc) is 2.12. The first-order chi connectivity index (χ1) is 7.94. The van der Waals surface area contributed by atoms with Gasteiger partial charge in [0.15, 0.2) is 0 Å². The molecular weight excluding hydrogens is 281 g/mol. The number of nitrogens with one attached hydrogen (secondary N) is 2. The highest BCUT2D eigenvalue weighted by molar-refractivity contribution is 7.86. The monoisotopic (exact) mass is 290 g/mol. The largest absolute Gasteiger partial charge is 0.478 e. The summed E-state index contributed by atoms with van der Waals surface area (Å²) in [5.41, 5.74) is -3.67. The first kappa shape index (κ1) is 14.7. The Balaban J connectivity index is 3.28. The van der Waals surface area contributed by atoms with Crippen LogP contribution in [-0.4, -0.2) is 41.8 Å². The fourth-order valence-corrected chi connectivity index (χ4v) is 2.10. The molecule has 1 heterocycles. The fraction of sp³-hybridized carbons (Fsp3) is 0.571. The van der Waals surface area contributed by atoms with E-state index in [1.807, 2.05) is 5.32 Å². The number of halogens is 3. The van der Waals surface area contributed by atoms with E-state index in [0.29, 0.717) is 0 Å². The topological polar surface area (TPSA) is 116 Å². The summed E-state index contributed by atoms with van der Waals surface area (Å²) < 4.78 is 68.1. The molecule has 0 radical (unpaired) electrons. The van der Waals surface area contributed by atoms with E-state index in [4.69, 9.17) is 9.66 Å². The van der Waals surface area contributed by atoms with E-state index in [1.165, 1.54) is 5.32 Å². The van der Waals surface area contributed by atoms with E-state index >= 15 is 0 Å². The molecule has 0 fully saturated rings. The van der Waals surface area contributed by atoms with Crippen LogP contribution >= 0.6 is 0 Å². The Labute approximate surface area is 99.4 Å². The smallest absolute Gasteiger partial charge is 0.408 e. The molecule has 0 saturated heterocycles. The molecule has 0 spiro atoms. The maximum atomic E-state index is 12.6. The van der Waals surface area contributed by atoms with Crippen molar-refractivity contribution in [2.45, 2.75) is 24.6 Å². The number of carbonyl (C=O) groups is 1. The van der Waals surface area contributed by atoms with Gasteiger partial charge in [0.2, 0.25) is 5.50 Å². The van der Waals surface area contributed by atoms with Crippen molar-refractivity contribution < 1.29 is 36.0 Å². The fourth-order valence-electron chi connectivity index (χ4n) is 1.47. The zero-order valence-corrected chi connectivity index (χ0v) is 9.63. The first-order valence-electron chi connectivity index (χ1n) is 4.44. The van der Waals surface area contributed by atoms with Crippen LogP contribution in [0.5, 0.6) is 0 Å². The van der Waals surface area contributed by atoms with E-state index in [1.54, 1.807) is 0 Å². The normalized spacial score (nSPS) is 25.8. The van der Waals surface area contributed by atoms with Gasteiger partial charge < -0.3 is 10.4 Å². The third-order valence-corrected chi connectivity index (χ3v) is 3.06. The summed E-state index contributed by atoms with van der Waals surface area (Å²) in [6, 6.07) is -2.69. The van der Waals surface area contributed by atoms with Crippen LogP contribution in [0.1, 0.15) is 6.92 Å². The second-order valence-corrected chi connectivity index (χ2v) is 5.03. The molecule has 1 aliphatic rings. The van der Waals surface area contributed by atoms with Gasteiger partial charge in [-0.15, -0.1) is 0 Å². The zero-order chi connectivity index (χ0) is 14.3. The molecule has 11 heteroatoms. The molecule has 4 N–H and O–H groups in total. The number of rotatable bonds is 2. The number of alkyl halides is 3. The van der Waals surface area contributed by atoms with Crippen LogP contribution in [0.15, 0.2) is 11.3 Å². The lowest BCUT2D eigenvalue weighted by atomic mass is 10.0. The van der Waals surface area contributed by atoms with Crippen molar-refractivity contribution >= 4 is 16.1 Å². The van der Waals surface area contributed by atoms with Crippen LogP contribution in [0.3, 0.4) is 0 Å². The molecule has 1 aliphatic heterocycles. The maximum Gasteiger partial charge on any atom is 0.408 e. The first-order valence-corrected chi connectivity index (χ1v) is 5.94. The van der Waals surface area contributed by atoms with E-state index < -0.39 is 45.1 Å². The minimum absolute atomic E-state index is 0.494. The highest BCUT2D eigenvalue weighted by Crippen LogP contribution is 2.29. The van der Waals surface area contributed by atoms with Gasteiger partial charge in [0.1, 0.15) is 6.04 Å².